The van der Waals surface area contributed by atoms with Crippen molar-refractivity contribution in [3.8, 4) is 11.5 Å². The van der Waals surface area contributed by atoms with Gasteiger partial charge in [0.05, 0.1) is 12.5 Å². The summed E-state index contributed by atoms with van der Waals surface area (Å²) in [6.07, 6.45) is 2.81. The van der Waals surface area contributed by atoms with Crippen molar-refractivity contribution in [3.63, 3.8) is 0 Å². The fourth-order valence-electron chi connectivity index (χ4n) is 2.21. The Bertz CT molecular complexity index is 939. The Kier molecular flexibility index (Phi) is 4.60. The highest BCUT2D eigenvalue weighted by Crippen LogP contribution is 2.31. The van der Waals surface area contributed by atoms with E-state index < -0.39 is 24.1 Å². The van der Waals surface area contributed by atoms with Crippen LogP contribution >= 0.6 is 0 Å². The van der Waals surface area contributed by atoms with Crippen LogP contribution in [0.25, 0.3) is 11.0 Å². The normalized spacial score (nSPS) is 10.5. The Morgan fingerprint density at radius 1 is 1.24 bits per heavy atom. The number of H-pyrrole nitrogens is 1. The number of hydrogen-bond donors (Lipinski definition) is 2. The van der Waals surface area contributed by atoms with E-state index in [1.165, 1.54) is 19.2 Å². The molecule has 0 radical (unpaired) electrons. The molecule has 25 heavy (non-hydrogen) atoms. The molecule has 0 aliphatic heterocycles. The first-order valence-corrected chi connectivity index (χ1v) is 7.33. The minimum Gasteiger partial charge on any atom is -0.469 e. The molecule has 0 bridgehead atoms. The predicted octanol–water partition coefficient (Wildman–Crippen LogP) is 3.00. The standard InChI is InChI=1S/C17H14FN3O4/c1-24-16(23)9-15(22)21-10-2-3-14(12(18)8-10)25-13-5-7-20-17-11(13)4-6-19-17/h2-8H,9H2,1H3,(H,19,20)(H,21,22). The maximum atomic E-state index is 14.2. The summed E-state index contributed by atoms with van der Waals surface area (Å²) in [5, 5.41) is 3.13. The summed E-state index contributed by atoms with van der Waals surface area (Å²) in [5.41, 5.74) is 0.838. The lowest BCUT2D eigenvalue weighted by molar-refractivity contribution is -0.142. The number of benzene rings is 1. The lowest BCUT2D eigenvalue weighted by Gasteiger charge is -2.10. The predicted molar refractivity (Wildman–Crippen MR) is 87.8 cm³/mol. The monoisotopic (exact) mass is 343 g/mol. The number of nitrogens with one attached hydrogen (secondary N) is 2. The molecule has 1 aromatic carbocycles. The highest BCUT2D eigenvalue weighted by atomic mass is 19.1. The van der Waals surface area contributed by atoms with Crippen molar-refractivity contribution in [1.82, 2.24) is 9.97 Å². The van der Waals surface area contributed by atoms with Gasteiger partial charge in [-0.1, -0.05) is 0 Å². The van der Waals surface area contributed by atoms with E-state index in [0.29, 0.717) is 11.4 Å². The highest BCUT2D eigenvalue weighted by molar-refractivity contribution is 6.01. The average Bonchev–Trinajstić information content (AvgIpc) is 3.06. The second kappa shape index (κ2) is 7.00. The molecule has 0 unspecified atom stereocenters. The number of carbonyl (C=O) groups excluding carboxylic acids is 2. The number of pyridine rings is 1. The number of methoxy groups -OCH3 is 1. The number of esters is 1. The SMILES string of the molecule is COC(=O)CC(=O)Nc1ccc(Oc2ccnc3[nH]ccc23)c(F)c1. The number of anilines is 1. The zero-order chi connectivity index (χ0) is 17.8. The molecule has 0 spiro atoms. The number of ether oxygens (including phenoxy) is 2. The van der Waals surface area contributed by atoms with E-state index in [2.05, 4.69) is 20.0 Å². The highest BCUT2D eigenvalue weighted by Gasteiger charge is 2.13. The van der Waals surface area contributed by atoms with E-state index in [4.69, 9.17) is 4.74 Å². The van der Waals surface area contributed by atoms with Crippen LogP contribution in [0.15, 0.2) is 42.7 Å². The van der Waals surface area contributed by atoms with Crippen LogP contribution in [0.2, 0.25) is 0 Å². The first kappa shape index (κ1) is 16.4. The molecule has 7 nitrogen and oxygen atoms in total. The second-order valence-corrected chi connectivity index (χ2v) is 5.10. The van der Waals surface area contributed by atoms with E-state index in [1.54, 1.807) is 24.5 Å². The number of fused-ring (bicyclic) bond motifs is 1. The molecule has 3 rings (SSSR count). The van der Waals surface area contributed by atoms with Crippen LogP contribution in [0.5, 0.6) is 11.5 Å². The van der Waals surface area contributed by atoms with Gasteiger partial charge in [-0.25, -0.2) is 9.37 Å². The number of rotatable bonds is 5. The minimum atomic E-state index is -0.675. The van der Waals surface area contributed by atoms with E-state index in [0.717, 1.165) is 11.5 Å². The lowest BCUT2D eigenvalue weighted by atomic mass is 10.2. The zero-order valence-corrected chi connectivity index (χ0v) is 13.2. The third-order valence-electron chi connectivity index (χ3n) is 3.39. The number of nitrogens with zero attached hydrogens (tertiary/aromatic N) is 1. The van der Waals surface area contributed by atoms with E-state index in [-0.39, 0.29) is 11.4 Å². The van der Waals surface area contributed by atoms with Crippen molar-refractivity contribution in [3.05, 3.63) is 48.5 Å². The number of aromatic amines is 1. The third-order valence-corrected chi connectivity index (χ3v) is 3.39. The molecule has 0 saturated heterocycles. The molecule has 2 heterocycles. The Balaban J connectivity index is 1.75. The molecular formula is C17H14FN3O4. The third kappa shape index (κ3) is 3.74. The topological polar surface area (TPSA) is 93.3 Å². The van der Waals surface area contributed by atoms with Gasteiger partial charge >= 0.3 is 5.97 Å². The molecule has 2 N–H and O–H groups in total. The number of carbonyl (C=O) groups is 2. The smallest absolute Gasteiger partial charge is 0.315 e. The molecule has 0 aliphatic carbocycles. The number of halogens is 1. The first-order valence-electron chi connectivity index (χ1n) is 7.33. The first-order chi connectivity index (χ1) is 12.1. The number of aromatic nitrogens is 2. The van der Waals surface area contributed by atoms with Crippen LogP contribution in [-0.2, 0) is 14.3 Å². The molecule has 0 atom stereocenters. The minimum absolute atomic E-state index is 0.000308. The van der Waals surface area contributed by atoms with Gasteiger partial charge in [0.1, 0.15) is 17.8 Å². The van der Waals surface area contributed by atoms with Crippen LogP contribution in [0, 0.1) is 5.82 Å². The summed E-state index contributed by atoms with van der Waals surface area (Å²) in [7, 11) is 1.18. The molecular weight excluding hydrogens is 329 g/mol. The fraction of sp³-hybridized carbons (Fsp3) is 0.118. The van der Waals surface area contributed by atoms with Gasteiger partial charge in [0.2, 0.25) is 5.91 Å². The summed E-state index contributed by atoms with van der Waals surface area (Å²) >= 11 is 0. The second-order valence-electron chi connectivity index (χ2n) is 5.10. The van der Waals surface area contributed by atoms with Crippen molar-refractivity contribution in [2.24, 2.45) is 0 Å². The molecule has 3 aromatic rings. The Labute approximate surface area is 141 Å². The quantitative estimate of drug-likeness (QED) is 0.549. The molecule has 0 fully saturated rings. The Morgan fingerprint density at radius 3 is 2.84 bits per heavy atom. The van der Waals surface area contributed by atoms with Crippen LogP contribution in [-0.4, -0.2) is 29.0 Å². The molecule has 0 aliphatic rings. The van der Waals surface area contributed by atoms with Gasteiger partial charge in [0.25, 0.3) is 0 Å². The van der Waals surface area contributed by atoms with Gasteiger partial charge in [-0.05, 0) is 24.3 Å². The largest absolute Gasteiger partial charge is 0.469 e. The molecule has 8 heteroatoms. The number of amides is 1. The van der Waals surface area contributed by atoms with Gasteiger partial charge < -0.3 is 19.8 Å². The molecule has 0 saturated carbocycles. The van der Waals surface area contributed by atoms with Gasteiger partial charge in [-0.3, -0.25) is 9.59 Å². The molecule has 128 valence electrons. The van der Waals surface area contributed by atoms with Crippen LogP contribution < -0.4 is 10.1 Å². The Morgan fingerprint density at radius 2 is 2.08 bits per heavy atom. The van der Waals surface area contributed by atoms with Crippen LogP contribution in [0.3, 0.4) is 0 Å². The maximum absolute atomic E-state index is 14.2. The summed E-state index contributed by atoms with van der Waals surface area (Å²) in [6.45, 7) is 0. The van der Waals surface area contributed by atoms with E-state index in [1.807, 2.05) is 0 Å². The van der Waals surface area contributed by atoms with Crippen molar-refractivity contribution in [2.75, 3.05) is 12.4 Å². The number of hydrogen-bond acceptors (Lipinski definition) is 5. The van der Waals surface area contributed by atoms with Crippen molar-refractivity contribution >= 4 is 28.6 Å². The van der Waals surface area contributed by atoms with E-state index in [9.17, 15) is 14.0 Å². The van der Waals surface area contributed by atoms with Crippen molar-refractivity contribution < 1.29 is 23.5 Å². The summed E-state index contributed by atoms with van der Waals surface area (Å²) in [6, 6.07) is 7.38. The van der Waals surface area contributed by atoms with Gasteiger partial charge in [0.15, 0.2) is 11.6 Å². The molecule has 2 aromatic heterocycles. The summed E-state index contributed by atoms with van der Waals surface area (Å²) in [5.74, 6) is -1.47. The zero-order valence-electron chi connectivity index (χ0n) is 13.2. The van der Waals surface area contributed by atoms with Crippen molar-refractivity contribution in [2.45, 2.75) is 6.42 Å². The van der Waals surface area contributed by atoms with E-state index >= 15 is 0 Å². The van der Waals surface area contributed by atoms with Crippen LogP contribution in [0.4, 0.5) is 10.1 Å². The van der Waals surface area contributed by atoms with Crippen molar-refractivity contribution in [1.29, 1.82) is 0 Å². The summed E-state index contributed by atoms with van der Waals surface area (Å²) in [4.78, 5) is 29.7. The van der Waals surface area contributed by atoms with Crippen LogP contribution in [0.1, 0.15) is 6.42 Å². The van der Waals surface area contributed by atoms with Gasteiger partial charge in [0, 0.05) is 24.1 Å². The Hall–Kier alpha value is -3.42. The fourth-order valence-corrected chi connectivity index (χ4v) is 2.21. The molecule has 1 amide bonds. The van der Waals surface area contributed by atoms with Gasteiger partial charge in [-0.2, -0.15) is 0 Å². The maximum Gasteiger partial charge on any atom is 0.315 e. The van der Waals surface area contributed by atoms with Gasteiger partial charge in [-0.15, -0.1) is 0 Å². The average molecular weight is 343 g/mol. The summed E-state index contributed by atoms with van der Waals surface area (Å²) < 4.78 is 24.2. The lowest BCUT2D eigenvalue weighted by Crippen LogP contribution is -2.17.